The second-order valence-corrected chi connectivity index (χ2v) is 4.80. The third-order valence-corrected chi connectivity index (χ3v) is 3.04. The Balaban J connectivity index is 2.38. The Morgan fingerprint density at radius 2 is 2.11 bits per heavy atom. The Morgan fingerprint density at radius 1 is 1.39 bits per heavy atom. The van der Waals surface area contributed by atoms with Gasteiger partial charge in [-0.1, -0.05) is 6.07 Å². The molecule has 2 aromatic rings. The zero-order valence-corrected chi connectivity index (χ0v) is 10.7. The van der Waals surface area contributed by atoms with Crippen molar-refractivity contribution in [3.8, 4) is 0 Å². The van der Waals surface area contributed by atoms with Gasteiger partial charge in [-0.2, -0.15) is 5.10 Å². The fourth-order valence-electron chi connectivity index (χ4n) is 1.76. The Bertz CT molecular complexity index is 612. The molecule has 0 unspecified atom stereocenters. The molecule has 2 N–H and O–H groups in total. The molecule has 5 heteroatoms. The van der Waals surface area contributed by atoms with Gasteiger partial charge in [-0.05, 0) is 31.5 Å². The van der Waals surface area contributed by atoms with Crippen LogP contribution in [0.3, 0.4) is 0 Å². The number of hydrogen-bond acceptors (Lipinski definition) is 3. The smallest absolute Gasteiger partial charge is 0.222 e. The molecule has 0 aliphatic heterocycles. The van der Waals surface area contributed by atoms with E-state index in [9.17, 15) is 4.79 Å². The van der Waals surface area contributed by atoms with Crippen LogP contribution in [-0.4, -0.2) is 21.4 Å². The first kappa shape index (κ1) is 12.3. The van der Waals surface area contributed by atoms with Crippen molar-refractivity contribution in [2.75, 3.05) is 0 Å². The molecule has 2 heterocycles. The number of nitrogens with one attached hydrogen (secondary N) is 2. The minimum absolute atomic E-state index is 0.182. The predicted octanol–water partition coefficient (Wildman–Crippen LogP) is 1.73. The van der Waals surface area contributed by atoms with Crippen LogP contribution >= 0.6 is 0 Å². The molecule has 0 saturated heterocycles. The van der Waals surface area contributed by atoms with Gasteiger partial charge in [0.05, 0.1) is 5.52 Å². The summed E-state index contributed by atoms with van der Waals surface area (Å²) < 4.78 is 1.76. The molecule has 1 amide bonds. The molecule has 0 aliphatic carbocycles. The number of aromatic nitrogens is 2. The van der Waals surface area contributed by atoms with Crippen molar-refractivity contribution in [2.45, 2.75) is 26.2 Å². The summed E-state index contributed by atoms with van der Waals surface area (Å²) in [5, 5.41) is 14.7. The van der Waals surface area contributed by atoms with Gasteiger partial charge in [0.15, 0.2) is 0 Å². The maximum Gasteiger partial charge on any atom is 0.222 e. The predicted molar refractivity (Wildman–Crippen MR) is 69.8 cm³/mol. The standard InChI is InChI=1S/C13H16N4O/c1-9(18)16-12(14)13(2,3)10-4-5-11-6-7-15-17(11)8-10/h4-8H,1-3H3,(H2,14,16,18). The Labute approximate surface area is 105 Å². The van der Waals surface area contributed by atoms with E-state index in [1.54, 1.807) is 10.7 Å². The highest BCUT2D eigenvalue weighted by molar-refractivity contribution is 6.01. The van der Waals surface area contributed by atoms with Crippen molar-refractivity contribution in [1.29, 1.82) is 5.41 Å². The number of carbonyl (C=O) groups is 1. The zero-order chi connectivity index (χ0) is 13.3. The summed E-state index contributed by atoms with van der Waals surface area (Å²) in [6.07, 6.45) is 3.61. The highest BCUT2D eigenvalue weighted by Gasteiger charge is 2.27. The topological polar surface area (TPSA) is 70.2 Å². The average Bonchev–Trinajstić information content (AvgIpc) is 2.74. The number of carbonyl (C=O) groups excluding carboxylic acids is 1. The van der Waals surface area contributed by atoms with E-state index < -0.39 is 5.41 Å². The third kappa shape index (κ3) is 2.11. The van der Waals surface area contributed by atoms with E-state index in [1.165, 1.54) is 6.92 Å². The van der Waals surface area contributed by atoms with Crippen molar-refractivity contribution in [3.63, 3.8) is 0 Å². The largest absolute Gasteiger partial charge is 0.314 e. The summed E-state index contributed by atoms with van der Waals surface area (Å²) in [7, 11) is 0. The fraction of sp³-hybridized carbons (Fsp3) is 0.308. The molecule has 0 saturated carbocycles. The van der Waals surface area contributed by atoms with Crippen molar-refractivity contribution in [1.82, 2.24) is 14.9 Å². The number of hydrogen-bond donors (Lipinski definition) is 2. The van der Waals surface area contributed by atoms with Crippen LogP contribution in [0.1, 0.15) is 26.3 Å². The van der Waals surface area contributed by atoms with Crippen LogP contribution in [0, 0.1) is 5.41 Å². The van der Waals surface area contributed by atoms with Crippen LogP contribution < -0.4 is 5.32 Å². The van der Waals surface area contributed by atoms with Crippen molar-refractivity contribution in [2.24, 2.45) is 0 Å². The van der Waals surface area contributed by atoms with Gasteiger partial charge in [0.1, 0.15) is 5.84 Å². The maximum absolute atomic E-state index is 11.0. The first-order valence-corrected chi connectivity index (χ1v) is 5.72. The lowest BCUT2D eigenvalue weighted by Crippen LogP contribution is -2.41. The maximum atomic E-state index is 11.0. The molecule has 2 rings (SSSR count). The molecule has 0 fully saturated rings. The monoisotopic (exact) mass is 244 g/mol. The molecular formula is C13H16N4O. The second kappa shape index (κ2) is 4.25. The van der Waals surface area contributed by atoms with Crippen LogP contribution in [0.2, 0.25) is 0 Å². The highest BCUT2D eigenvalue weighted by atomic mass is 16.1. The molecule has 5 nitrogen and oxygen atoms in total. The zero-order valence-electron chi connectivity index (χ0n) is 10.7. The third-order valence-electron chi connectivity index (χ3n) is 3.04. The summed E-state index contributed by atoms with van der Waals surface area (Å²) in [6, 6.07) is 5.81. The summed E-state index contributed by atoms with van der Waals surface area (Å²) >= 11 is 0. The van der Waals surface area contributed by atoms with Crippen molar-refractivity contribution in [3.05, 3.63) is 36.2 Å². The average molecular weight is 244 g/mol. The SMILES string of the molecule is CC(=O)NC(=N)C(C)(C)c1ccc2ccnn2c1. The van der Waals surface area contributed by atoms with Gasteiger partial charge in [0, 0.05) is 24.7 Å². The van der Waals surface area contributed by atoms with Gasteiger partial charge in [-0.15, -0.1) is 0 Å². The molecule has 94 valence electrons. The molecule has 0 radical (unpaired) electrons. The van der Waals surface area contributed by atoms with Crippen LogP contribution in [-0.2, 0) is 10.2 Å². The van der Waals surface area contributed by atoms with E-state index in [0.717, 1.165) is 11.1 Å². The Hall–Kier alpha value is -2.17. The lowest BCUT2D eigenvalue weighted by molar-refractivity contribution is -0.117. The van der Waals surface area contributed by atoms with E-state index in [2.05, 4.69) is 10.4 Å². The van der Waals surface area contributed by atoms with Gasteiger partial charge < -0.3 is 5.32 Å². The Morgan fingerprint density at radius 3 is 2.78 bits per heavy atom. The van der Waals surface area contributed by atoms with Crippen molar-refractivity contribution >= 4 is 17.3 Å². The molecule has 0 bridgehead atoms. The van der Waals surface area contributed by atoms with Gasteiger partial charge in [-0.25, -0.2) is 4.52 Å². The number of amides is 1. The van der Waals surface area contributed by atoms with Crippen molar-refractivity contribution < 1.29 is 4.79 Å². The lowest BCUT2D eigenvalue weighted by atomic mass is 9.84. The molecule has 2 aromatic heterocycles. The quantitative estimate of drug-likeness (QED) is 0.624. The summed E-state index contributed by atoms with van der Waals surface area (Å²) in [4.78, 5) is 11.0. The first-order chi connectivity index (χ1) is 8.41. The van der Waals surface area contributed by atoms with Crippen LogP contribution in [0.25, 0.3) is 5.52 Å². The molecule has 0 aromatic carbocycles. The van der Waals surface area contributed by atoms with E-state index >= 15 is 0 Å². The number of amidine groups is 1. The number of nitrogens with zero attached hydrogens (tertiary/aromatic N) is 2. The van der Waals surface area contributed by atoms with Gasteiger partial charge in [0.25, 0.3) is 0 Å². The lowest BCUT2D eigenvalue weighted by Gasteiger charge is -2.26. The molecular weight excluding hydrogens is 228 g/mol. The van der Waals surface area contributed by atoms with E-state index in [4.69, 9.17) is 5.41 Å². The van der Waals surface area contributed by atoms with Gasteiger partial charge >= 0.3 is 0 Å². The van der Waals surface area contributed by atoms with Crippen LogP contribution in [0.15, 0.2) is 30.6 Å². The number of fused-ring (bicyclic) bond motifs is 1. The molecule has 18 heavy (non-hydrogen) atoms. The van der Waals surface area contributed by atoms with Crippen LogP contribution in [0.5, 0.6) is 0 Å². The fourth-order valence-corrected chi connectivity index (χ4v) is 1.76. The first-order valence-electron chi connectivity index (χ1n) is 5.72. The number of rotatable bonds is 2. The van der Waals surface area contributed by atoms with Crippen LogP contribution in [0.4, 0.5) is 0 Å². The summed E-state index contributed by atoms with van der Waals surface area (Å²) in [5.74, 6) is -0.0465. The summed E-state index contributed by atoms with van der Waals surface area (Å²) in [6.45, 7) is 5.20. The Kier molecular flexibility index (Phi) is 2.90. The van der Waals surface area contributed by atoms with Gasteiger partial charge in [-0.3, -0.25) is 10.2 Å². The van der Waals surface area contributed by atoms with Gasteiger partial charge in [0.2, 0.25) is 5.91 Å². The molecule has 0 atom stereocenters. The highest BCUT2D eigenvalue weighted by Crippen LogP contribution is 2.23. The van der Waals surface area contributed by atoms with E-state index in [-0.39, 0.29) is 11.7 Å². The van der Waals surface area contributed by atoms with E-state index in [0.29, 0.717) is 0 Å². The molecule has 0 aliphatic rings. The second-order valence-electron chi connectivity index (χ2n) is 4.80. The number of pyridine rings is 1. The van der Waals surface area contributed by atoms with E-state index in [1.807, 2.05) is 38.2 Å². The normalized spacial score (nSPS) is 11.5. The minimum Gasteiger partial charge on any atom is -0.314 e. The summed E-state index contributed by atoms with van der Waals surface area (Å²) in [5.41, 5.74) is 1.37. The molecule has 0 spiro atoms. The minimum atomic E-state index is -0.564.